The molecule has 89 heavy (non-hydrogen) atoms. The number of phenols is 18. The molecule has 6 heterocycles. The number of aliphatic hydroxyl groups is 1. The fourth-order valence-corrected chi connectivity index (χ4v) is 10.6. The molecule has 456 valence electrons. The molecule has 4 aliphatic heterocycles. The summed E-state index contributed by atoms with van der Waals surface area (Å²) in [7, 11) is 0. The van der Waals surface area contributed by atoms with Crippen molar-refractivity contribution in [3.05, 3.63) is 90.6 Å². The van der Waals surface area contributed by atoms with Gasteiger partial charge in [-0.25, -0.2) is 33.6 Å². The number of aliphatic hydroxyl groups excluding tert-OH is 1. The first-order valence-corrected chi connectivity index (χ1v) is 24.7. The van der Waals surface area contributed by atoms with Crippen LogP contribution in [0.25, 0.3) is 55.0 Å². The van der Waals surface area contributed by atoms with E-state index in [1.165, 1.54) is 0 Å². The Morgan fingerprint density at radius 1 is 0.416 bits per heavy atom. The van der Waals surface area contributed by atoms with E-state index in [0.29, 0.717) is 18.2 Å². The molecule has 7 aromatic carbocycles. The van der Waals surface area contributed by atoms with E-state index in [1.54, 1.807) is 0 Å². The molecule has 0 amide bonds. The van der Waals surface area contributed by atoms with E-state index < -0.39 is 282 Å². The molecule has 0 radical (unpaired) electrons. The van der Waals surface area contributed by atoms with Gasteiger partial charge in [0.2, 0.25) is 46.0 Å². The molecule has 9 aromatic rings. The summed E-state index contributed by atoms with van der Waals surface area (Å²) in [5.74, 6) is -38.8. The number of phenolic OH excluding ortho intramolecular Hbond substituents is 18. The summed E-state index contributed by atoms with van der Waals surface area (Å²) in [6.07, 6.45) is -14.6. The zero-order valence-corrected chi connectivity index (χ0v) is 43.2. The number of fused-ring (bicyclic) bond motifs is 6. The molecule has 4 bridgehead atoms. The van der Waals surface area contributed by atoms with Crippen LogP contribution in [0.3, 0.4) is 0 Å². The van der Waals surface area contributed by atoms with Gasteiger partial charge in [-0.2, -0.15) is 0 Å². The lowest BCUT2D eigenvalue weighted by atomic mass is 9.82. The minimum Gasteiger partial charge on any atom is -0.504 e. The molecule has 0 unspecified atom stereocenters. The van der Waals surface area contributed by atoms with Crippen LogP contribution in [0, 0.1) is 0 Å². The first-order valence-electron chi connectivity index (χ1n) is 24.7. The topological polar surface area (TPSA) is 586 Å². The molecule has 13 rings (SSSR count). The number of hydrogen-bond donors (Lipinski definition) is 19. The number of benzene rings is 7. The Morgan fingerprint density at radius 2 is 0.854 bits per heavy atom. The molecule has 34 nitrogen and oxygen atoms in total. The molecule has 2 aromatic heterocycles. The van der Waals surface area contributed by atoms with Crippen molar-refractivity contribution in [2.45, 2.75) is 30.5 Å². The zero-order valence-electron chi connectivity index (χ0n) is 43.2. The van der Waals surface area contributed by atoms with Gasteiger partial charge < -0.3 is 134 Å². The minimum atomic E-state index is -3.06. The third kappa shape index (κ3) is 7.96. The van der Waals surface area contributed by atoms with Gasteiger partial charge in [-0.3, -0.25) is 0 Å². The van der Waals surface area contributed by atoms with Crippen molar-refractivity contribution >= 4 is 62.6 Å². The van der Waals surface area contributed by atoms with E-state index in [0.717, 1.165) is 6.07 Å². The van der Waals surface area contributed by atoms with Gasteiger partial charge in [-0.05, 0) is 24.3 Å². The third-order valence-electron chi connectivity index (χ3n) is 14.7. The highest BCUT2D eigenvalue weighted by atomic mass is 16.6. The maximum absolute atomic E-state index is 15.1. The SMILES string of the molecule is O=C(O[C@H]1COC(=O)c2cc(O)c(O)c(O)c2-c2c(cc(O)c(O)c2O)C(=O)O[C@H]1[C@@H]1OC(=O)c2cc(O)c(O)c(O)c2-c2c(O)c(O)c(O)c3c2C(=O)O[C@H]1[C@@H]3O)c1cc(O)c(O)c(O)c1Oc1cc2c(=O)oc3c(O)c(O)cc4c(=O)oc(c1O)c2c34. The standard InChI is InChI=1S/C55H32O34/c56-14-1-8-21(35(67)29(14)61)22-9(2-15(57)30(62)36(22)68)50(76)85-44(48-47-40(72)28-27(55(81)88-47)26(38(70)41(73)39(28)71)23-10(51(77)89-48)3-16(58)31(63)37(23)69)20(7-82-49(8)75)84-54(80)13-5-17(59)32(64)42(74)43(13)83-19-6-12-25-24-11(52(78)87-46(25)34(19)66)4-18(60)33(65)45(24)86-53(12)79/h1-6,20,40,44,47-48,56-74H,7H2/t20-,40+,44+,47-,48-/m0/s1. The van der Waals surface area contributed by atoms with E-state index in [1.807, 2.05) is 0 Å². The maximum atomic E-state index is 15.1. The second-order valence-electron chi connectivity index (χ2n) is 19.7. The summed E-state index contributed by atoms with van der Waals surface area (Å²) < 4.78 is 44.3. The van der Waals surface area contributed by atoms with Crippen LogP contribution in [0.2, 0.25) is 0 Å². The molecule has 34 heteroatoms. The van der Waals surface area contributed by atoms with Gasteiger partial charge in [0.05, 0.1) is 33.0 Å². The molecule has 19 N–H and O–H groups in total. The highest BCUT2D eigenvalue weighted by Crippen LogP contribution is 2.59. The Labute approximate surface area is 484 Å². The van der Waals surface area contributed by atoms with Crippen molar-refractivity contribution in [3.63, 3.8) is 0 Å². The number of ether oxygens (including phenoxy) is 6. The van der Waals surface area contributed by atoms with Crippen LogP contribution in [0.15, 0.2) is 54.8 Å². The number of hydrogen-bond acceptors (Lipinski definition) is 34. The van der Waals surface area contributed by atoms with Crippen LogP contribution >= 0.6 is 0 Å². The number of carbonyl (C=O) groups excluding carboxylic acids is 5. The van der Waals surface area contributed by atoms with Crippen LogP contribution in [0.4, 0.5) is 0 Å². The van der Waals surface area contributed by atoms with Crippen molar-refractivity contribution in [3.8, 4) is 137 Å². The molecular weight excluding hydrogens is 1200 g/mol. The van der Waals surface area contributed by atoms with Crippen molar-refractivity contribution < 1.29 is 158 Å². The molecule has 0 aliphatic carbocycles. The summed E-state index contributed by atoms with van der Waals surface area (Å²) in [4.78, 5) is 101. The largest absolute Gasteiger partial charge is 0.504 e. The lowest BCUT2D eigenvalue weighted by Crippen LogP contribution is -2.56. The number of rotatable bonds is 5. The van der Waals surface area contributed by atoms with E-state index in [-0.39, 0.29) is 12.1 Å². The normalized spacial score (nSPS) is 18.1. The Hall–Kier alpha value is -13.0. The van der Waals surface area contributed by atoms with E-state index >= 15 is 9.59 Å². The lowest BCUT2D eigenvalue weighted by Gasteiger charge is -2.40. The smallest absolute Gasteiger partial charge is 0.344 e. The summed E-state index contributed by atoms with van der Waals surface area (Å²) >= 11 is 0. The van der Waals surface area contributed by atoms with E-state index in [2.05, 4.69) is 0 Å². The molecule has 0 saturated heterocycles. The lowest BCUT2D eigenvalue weighted by molar-refractivity contribution is -0.154. The van der Waals surface area contributed by atoms with Crippen molar-refractivity contribution in [1.82, 2.24) is 0 Å². The first kappa shape index (κ1) is 56.5. The molecular formula is C55H32O34. The highest BCUT2D eigenvalue weighted by molar-refractivity contribution is 6.22. The average Bonchev–Trinajstić information content (AvgIpc) is 0.795. The summed E-state index contributed by atoms with van der Waals surface area (Å²) in [5, 5.41) is 208. The van der Waals surface area contributed by atoms with Crippen LogP contribution in [-0.4, -0.2) is 158 Å². The van der Waals surface area contributed by atoms with Gasteiger partial charge in [-0.1, -0.05) is 0 Å². The second-order valence-corrected chi connectivity index (χ2v) is 19.7. The first-order chi connectivity index (χ1) is 41.9. The molecule has 0 spiro atoms. The van der Waals surface area contributed by atoms with Gasteiger partial charge in [0.1, 0.15) is 18.3 Å². The molecule has 0 fully saturated rings. The molecule has 4 aliphatic rings. The van der Waals surface area contributed by atoms with Gasteiger partial charge in [0.25, 0.3) is 0 Å². The van der Waals surface area contributed by atoms with Crippen molar-refractivity contribution in [1.29, 1.82) is 0 Å². The Balaban J connectivity index is 1.08. The van der Waals surface area contributed by atoms with Crippen LogP contribution in [0.5, 0.6) is 115 Å². The number of esters is 5. The quantitative estimate of drug-likeness (QED) is 0.0387. The fraction of sp³-hybridized carbons (Fsp3) is 0.109. The monoisotopic (exact) mass is 1240 g/mol. The van der Waals surface area contributed by atoms with E-state index in [9.17, 15) is 121 Å². The molecule has 0 saturated carbocycles. The van der Waals surface area contributed by atoms with Crippen molar-refractivity contribution in [2.24, 2.45) is 0 Å². The van der Waals surface area contributed by atoms with Crippen LogP contribution in [0.1, 0.15) is 63.5 Å². The predicted octanol–water partition coefficient (Wildman–Crippen LogP) is 3.05. The predicted molar refractivity (Wildman–Crippen MR) is 280 cm³/mol. The Kier molecular flexibility index (Phi) is 12.2. The Morgan fingerprint density at radius 3 is 1.40 bits per heavy atom. The number of cyclic esters (lactones) is 2. The summed E-state index contributed by atoms with van der Waals surface area (Å²) in [6.45, 7) is -1.74. The maximum Gasteiger partial charge on any atom is 0.344 e. The van der Waals surface area contributed by atoms with Gasteiger partial charge in [0.15, 0.2) is 105 Å². The summed E-state index contributed by atoms with van der Waals surface area (Å²) in [5.41, 5.74) is -17.1. The number of aromatic hydroxyl groups is 18. The van der Waals surface area contributed by atoms with Crippen molar-refractivity contribution in [2.75, 3.05) is 6.61 Å². The zero-order chi connectivity index (χ0) is 64.3. The van der Waals surface area contributed by atoms with E-state index in [4.69, 9.17) is 37.3 Å². The second kappa shape index (κ2) is 19.3. The van der Waals surface area contributed by atoms with Gasteiger partial charge in [0, 0.05) is 50.7 Å². The number of carbonyl (C=O) groups is 5. The highest BCUT2D eigenvalue weighted by Gasteiger charge is 2.55. The fourth-order valence-electron chi connectivity index (χ4n) is 10.6. The van der Waals surface area contributed by atoms with Crippen LogP contribution in [-0.2, 0) is 23.7 Å². The molecule has 5 atom stereocenters. The van der Waals surface area contributed by atoms with Crippen LogP contribution < -0.4 is 16.0 Å². The van der Waals surface area contributed by atoms with Gasteiger partial charge >= 0.3 is 41.1 Å². The summed E-state index contributed by atoms with van der Waals surface area (Å²) in [6, 6.07) is 2.46. The Bertz CT molecular complexity index is 4900. The van der Waals surface area contributed by atoms with Gasteiger partial charge in [-0.15, -0.1) is 0 Å². The third-order valence-corrected chi connectivity index (χ3v) is 14.7. The average molecular weight is 1240 g/mol. The minimum absolute atomic E-state index is 0.236.